The smallest absolute Gasteiger partial charge is 0.243 e. The summed E-state index contributed by atoms with van der Waals surface area (Å²) in [5, 5.41) is 3.83. The molecular weight excluding hydrogens is 549 g/mol. The molecule has 2 rings (SSSR count). The Bertz CT molecular complexity index is 1210. The molecule has 0 aromatic heterocycles. The monoisotopic (exact) mass is 585 g/mol. The van der Waals surface area contributed by atoms with Crippen LogP contribution in [0.4, 0.5) is 5.69 Å². The van der Waals surface area contributed by atoms with Gasteiger partial charge in [-0.1, -0.05) is 49.2 Å². The van der Waals surface area contributed by atoms with Crippen molar-refractivity contribution < 1.29 is 22.7 Å². The first-order chi connectivity index (χ1) is 17.9. The number of amides is 2. The summed E-state index contributed by atoms with van der Waals surface area (Å²) < 4.78 is 31.5. The van der Waals surface area contributed by atoms with Gasteiger partial charge in [-0.05, 0) is 56.0 Å². The van der Waals surface area contributed by atoms with Crippen LogP contribution in [-0.2, 0) is 26.2 Å². The Morgan fingerprint density at radius 1 is 1.08 bits per heavy atom. The lowest BCUT2D eigenvalue weighted by atomic mass is 10.1. The summed E-state index contributed by atoms with van der Waals surface area (Å²) in [6, 6.07) is 11.0. The minimum absolute atomic E-state index is 0.0360. The van der Waals surface area contributed by atoms with E-state index in [1.807, 2.05) is 20.8 Å². The molecular formula is C27H37Cl2N3O5S. The molecule has 2 aromatic rings. The van der Waals surface area contributed by atoms with Crippen molar-refractivity contribution in [2.45, 2.75) is 65.1 Å². The predicted octanol–water partition coefficient (Wildman–Crippen LogP) is 5.27. The van der Waals surface area contributed by atoms with Crippen LogP contribution in [0.15, 0.2) is 42.5 Å². The molecule has 8 nitrogen and oxygen atoms in total. The van der Waals surface area contributed by atoms with Crippen LogP contribution in [0.1, 0.15) is 52.0 Å². The quantitative estimate of drug-likeness (QED) is 0.326. The van der Waals surface area contributed by atoms with Crippen LogP contribution in [0.3, 0.4) is 0 Å². The van der Waals surface area contributed by atoms with Crippen LogP contribution in [-0.4, -0.2) is 57.1 Å². The van der Waals surface area contributed by atoms with Crippen LogP contribution in [0.2, 0.25) is 10.0 Å². The second kappa shape index (κ2) is 14.6. The van der Waals surface area contributed by atoms with Crippen molar-refractivity contribution in [3.05, 3.63) is 58.1 Å². The summed E-state index contributed by atoms with van der Waals surface area (Å²) >= 11 is 12.4. The van der Waals surface area contributed by atoms with Gasteiger partial charge in [-0.15, -0.1) is 0 Å². The number of nitrogens with one attached hydrogen (secondary N) is 1. The lowest BCUT2D eigenvalue weighted by molar-refractivity contribution is -0.141. The van der Waals surface area contributed by atoms with Crippen molar-refractivity contribution in [1.82, 2.24) is 10.2 Å². The Labute approximate surface area is 236 Å². The summed E-state index contributed by atoms with van der Waals surface area (Å²) in [5.41, 5.74) is 1.11. The van der Waals surface area contributed by atoms with Crippen LogP contribution >= 0.6 is 23.2 Å². The van der Waals surface area contributed by atoms with Crippen LogP contribution in [0.5, 0.6) is 5.75 Å². The van der Waals surface area contributed by atoms with Crippen LogP contribution in [0.25, 0.3) is 0 Å². The lowest BCUT2D eigenvalue weighted by Gasteiger charge is -2.32. The molecule has 2 unspecified atom stereocenters. The van der Waals surface area contributed by atoms with E-state index in [4.69, 9.17) is 27.9 Å². The van der Waals surface area contributed by atoms with Gasteiger partial charge in [-0.3, -0.25) is 13.9 Å². The second-order valence-corrected chi connectivity index (χ2v) is 11.9. The number of nitrogens with zero attached hydrogens (tertiary/aromatic N) is 2. The van der Waals surface area contributed by atoms with E-state index < -0.39 is 16.1 Å². The highest BCUT2D eigenvalue weighted by Gasteiger charge is 2.30. The van der Waals surface area contributed by atoms with Crippen LogP contribution in [0, 0.1) is 0 Å². The molecule has 38 heavy (non-hydrogen) atoms. The third-order valence-corrected chi connectivity index (χ3v) is 8.02. The average molecular weight is 587 g/mol. The van der Waals surface area contributed by atoms with Crippen molar-refractivity contribution in [2.75, 3.05) is 24.2 Å². The maximum Gasteiger partial charge on any atom is 0.243 e. The van der Waals surface area contributed by atoms with E-state index in [-0.39, 0.29) is 43.8 Å². The number of benzene rings is 2. The summed E-state index contributed by atoms with van der Waals surface area (Å²) in [6.07, 6.45) is 2.56. The zero-order valence-corrected chi connectivity index (χ0v) is 24.9. The van der Waals surface area contributed by atoms with Gasteiger partial charge in [0.05, 0.1) is 19.1 Å². The first-order valence-electron chi connectivity index (χ1n) is 12.6. The molecule has 0 saturated carbocycles. The number of anilines is 1. The fourth-order valence-electron chi connectivity index (χ4n) is 3.96. The molecule has 11 heteroatoms. The van der Waals surface area contributed by atoms with Crippen molar-refractivity contribution in [1.29, 1.82) is 0 Å². The molecule has 2 aromatic carbocycles. The average Bonchev–Trinajstić information content (AvgIpc) is 2.86. The van der Waals surface area contributed by atoms with E-state index in [1.165, 1.54) is 16.3 Å². The number of carbonyl (C=O) groups excluding carboxylic acids is 2. The van der Waals surface area contributed by atoms with Gasteiger partial charge >= 0.3 is 0 Å². The molecule has 2 amide bonds. The predicted molar refractivity (Wildman–Crippen MR) is 153 cm³/mol. The highest BCUT2D eigenvalue weighted by atomic mass is 35.5. The molecule has 0 aliphatic rings. The van der Waals surface area contributed by atoms with Crippen molar-refractivity contribution in [2.24, 2.45) is 0 Å². The Hall–Kier alpha value is -2.49. The van der Waals surface area contributed by atoms with Gasteiger partial charge in [0.15, 0.2) is 0 Å². The van der Waals surface area contributed by atoms with Gasteiger partial charge in [-0.2, -0.15) is 0 Å². The zero-order chi connectivity index (χ0) is 28.5. The number of methoxy groups -OCH3 is 1. The minimum atomic E-state index is -3.61. The molecule has 0 bridgehead atoms. The van der Waals surface area contributed by atoms with E-state index in [0.717, 1.165) is 12.7 Å². The Kier molecular flexibility index (Phi) is 12.2. The van der Waals surface area contributed by atoms with Crippen molar-refractivity contribution in [3.8, 4) is 5.75 Å². The standard InChI is InChI=1S/C27H37Cl2N3O5S/c1-6-19(3)30-27(34)25(7-2)31(18-20-13-14-21(28)16-24(20)29)26(33)12-9-15-32(38(5,35)36)22-10-8-11-23(17-22)37-4/h8,10-11,13-14,16-17,19,25H,6-7,9,12,15,18H2,1-5H3,(H,30,34). The van der Waals surface area contributed by atoms with Crippen molar-refractivity contribution in [3.63, 3.8) is 0 Å². The Morgan fingerprint density at radius 3 is 2.37 bits per heavy atom. The molecule has 0 aliphatic carbocycles. The van der Waals surface area contributed by atoms with E-state index >= 15 is 0 Å². The SMILES string of the molecule is CCC(C)NC(=O)C(CC)N(Cc1ccc(Cl)cc1Cl)C(=O)CCCN(c1cccc(OC)c1)S(C)(=O)=O. The van der Waals surface area contributed by atoms with Gasteiger partial charge in [-0.25, -0.2) is 8.42 Å². The molecule has 0 spiro atoms. The Morgan fingerprint density at radius 2 is 1.79 bits per heavy atom. The van der Waals surface area contributed by atoms with E-state index in [1.54, 1.807) is 42.5 Å². The van der Waals surface area contributed by atoms with Gasteiger partial charge in [0, 0.05) is 41.7 Å². The molecule has 0 aliphatic heterocycles. The summed E-state index contributed by atoms with van der Waals surface area (Å²) in [5.74, 6) is 0.00652. The largest absolute Gasteiger partial charge is 0.497 e. The number of carbonyl (C=O) groups is 2. The fourth-order valence-corrected chi connectivity index (χ4v) is 5.39. The molecule has 0 radical (unpaired) electrons. The minimum Gasteiger partial charge on any atom is -0.497 e. The number of halogens is 2. The number of sulfonamides is 1. The summed E-state index contributed by atoms with van der Waals surface area (Å²) in [7, 11) is -2.11. The topological polar surface area (TPSA) is 96.0 Å². The van der Waals surface area contributed by atoms with Gasteiger partial charge in [0.2, 0.25) is 21.8 Å². The van der Waals surface area contributed by atoms with E-state index in [0.29, 0.717) is 33.5 Å². The zero-order valence-electron chi connectivity index (χ0n) is 22.5. The highest BCUT2D eigenvalue weighted by Crippen LogP contribution is 2.26. The normalized spacial score (nSPS) is 12.9. The molecule has 2 atom stereocenters. The Balaban J connectivity index is 2.27. The lowest BCUT2D eigenvalue weighted by Crippen LogP contribution is -2.50. The summed E-state index contributed by atoms with van der Waals surface area (Å²) in [6.45, 7) is 5.93. The third kappa shape index (κ3) is 9.06. The van der Waals surface area contributed by atoms with E-state index in [9.17, 15) is 18.0 Å². The first-order valence-corrected chi connectivity index (χ1v) is 15.2. The molecule has 0 heterocycles. The maximum absolute atomic E-state index is 13.5. The fraction of sp³-hybridized carbons (Fsp3) is 0.481. The summed E-state index contributed by atoms with van der Waals surface area (Å²) in [4.78, 5) is 28.2. The van der Waals surface area contributed by atoms with Crippen LogP contribution < -0.4 is 14.4 Å². The van der Waals surface area contributed by atoms with Gasteiger partial charge < -0.3 is 15.0 Å². The number of hydrogen-bond donors (Lipinski definition) is 1. The third-order valence-electron chi connectivity index (χ3n) is 6.24. The molecule has 210 valence electrons. The highest BCUT2D eigenvalue weighted by molar-refractivity contribution is 7.92. The maximum atomic E-state index is 13.5. The number of hydrogen-bond acceptors (Lipinski definition) is 5. The number of ether oxygens (including phenoxy) is 1. The van der Waals surface area contributed by atoms with Gasteiger partial charge in [0.1, 0.15) is 11.8 Å². The number of rotatable bonds is 14. The van der Waals surface area contributed by atoms with Crippen molar-refractivity contribution >= 4 is 50.7 Å². The molecule has 1 N–H and O–H groups in total. The van der Waals surface area contributed by atoms with Gasteiger partial charge in [0.25, 0.3) is 0 Å². The molecule has 0 saturated heterocycles. The van der Waals surface area contributed by atoms with E-state index in [2.05, 4.69) is 5.32 Å². The second-order valence-electron chi connectivity index (χ2n) is 9.14. The first kappa shape index (κ1) is 31.7. The molecule has 0 fully saturated rings.